The molecule has 1 aromatic carbocycles. The van der Waals surface area contributed by atoms with Crippen LogP contribution < -0.4 is 9.47 Å². The van der Waals surface area contributed by atoms with Crippen LogP contribution in [0.15, 0.2) is 42.6 Å². The number of ether oxygens (including phenoxy) is 2. The highest BCUT2D eigenvalue weighted by atomic mass is 19.4. The van der Waals surface area contributed by atoms with Crippen LogP contribution in [0.4, 0.5) is 13.2 Å². The van der Waals surface area contributed by atoms with E-state index < -0.39 is 12.8 Å². The van der Waals surface area contributed by atoms with Crippen LogP contribution in [0.3, 0.4) is 0 Å². The zero-order valence-corrected chi connectivity index (χ0v) is 12.7. The van der Waals surface area contributed by atoms with E-state index >= 15 is 0 Å². The third kappa shape index (κ3) is 4.74. The molecule has 0 amide bonds. The van der Waals surface area contributed by atoms with Crippen LogP contribution in [-0.4, -0.2) is 24.9 Å². The summed E-state index contributed by atoms with van der Waals surface area (Å²) in [5.41, 5.74) is 1.39. The predicted molar refractivity (Wildman–Crippen MR) is 82.3 cm³/mol. The van der Waals surface area contributed by atoms with Crippen molar-refractivity contribution in [2.75, 3.05) is 13.7 Å². The Hall–Kier alpha value is -3.01. The smallest absolute Gasteiger partial charge is 0.422 e. The molecule has 2 aromatic rings. The average molecular weight is 334 g/mol. The first-order valence-electron chi connectivity index (χ1n) is 6.84. The summed E-state index contributed by atoms with van der Waals surface area (Å²) in [6.07, 6.45) is -1.30. The lowest BCUT2D eigenvalue weighted by molar-refractivity contribution is -0.153. The number of halogens is 3. The van der Waals surface area contributed by atoms with Gasteiger partial charge in [0.25, 0.3) is 0 Å². The molecule has 0 saturated carbocycles. The van der Waals surface area contributed by atoms with Gasteiger partial charge in [-0.1, -0.05) is 12.1 Å². The minimum absolute atomic E-state index is 0.0247. The van der Waals surface area contributed by atoms with Gasteiger partial charge in [-0.15, -0.1) is 0 Å². The Kier molecular flexibility index (Phi) is 5.42. The summed E-state index contributed by atoms with van der Waals surface area (Å²) in [5, 5.41) is 9.26. The van der Waals surface area contributed by atoms with Crippen LogP contribution in [0.5, 0.6) is 11.5 Å². The van der Waals surface area contributed by atoms with E-state index in [1.807, 2.05) is 6.07 Å². The van der Waals surface area contributed by atoms with Crippen molar-refractivity contribution >= 4 is 11.6 Å². The van der Waals surface area contributed by atoms with Crippen LogP contribution in [0.25, 0.3) is 11.6 Å². The fraction of sp³-hybridized carbons (Fsp3) is 0.176. The molecule has 0 fully saturated rings. The van der Waals surface area contributed by atoms with Crippen LogP contribution in [0.2, 0.25) is 0 Å². The van der Waals surface area contributed by atoms with Crippen molar-refractivity contribution in [1.29, 1.82) is 5.26 Å². The van der Waals surface area contributed by atoms with E-state index in [1.165, 1.54) is 25.3 Å². The second kappa shape index (κ2) is 7.51. The fourth-order valence-corrected chi connectivity index (χ4v) is 1.91. The molecule has 0 radical (unpaired) electrons. The first kappa shape index (κ1) is 17.3. The van der Waals surface area contributed by atoms with Crippen molar-refractivity contribution in [2.45, 2.75) is 6.18 Å². The molecule has 124 valence electrons. The monoisotopic (exact) mass is 334 g/mol. The zero-order valence-electron chi connectivity index (χ0n) is 12.7. The van der Waals surface area contributed by atoms with Gasteiger partial charge in [0, 0.05) is 6.20 Å². The van der Waals surface area contributed by atoms with Gasteiger partial charge in [-0.2, -0.15) is 18.4 Å². The summed E-state index contributed by atoms with van der Waals surface area (Å²) in [7, 11) is 1.33. The van der Waals surface area contributed by atoms with E-state index in [2.05, 4.69) is 4.98 Å². The topological polar surface area (TPSA) is 55.1 Å². The first-order valence-corrected chi connectivity index (χ1v) is 6.84. The van der Waals surface area contributed by atoms with Crippen molar-refractivity contribution in [3.8, 4) is 17.6 Å². The average Bonchev–Trinajstić information content (AvgIpc) is 2.58. The lowest BCUT2D eigenvalue weighted by atomic mass is 10.1. The molecule has 24 heavy (non-hydrogen) atoms. The van der Waals surface area contributed by atoms with Crippen LogP contribution in [0, 0.1) is 11.3 Å². The molecule has 4 nitrogen and oxygen atoms in total. The van der Waals surface area contributed by atoms with E-state index in [9.17, 15) is 18.4 Å². The second-order valence-corrected chi connectivity index (χ2v) is 4.70. The highest BCUT2D eigenvalue weighted by Crippen LogP contribution is 2.31. The molecule has 7 heteroatoms. The molecule has 0 spiro atoms. The number of pyridine rings is 1. The van der Waals surface area contributed by atoms with Gasteiger partial charge < -0.3 is 9.47 Å². The maximum atomic E-state index is 12.2. The molecule has 0 N–H and O–H groups in total. The van der Waals surface area contributed by atoms with E-state index in [0.29, 0.717) is 16.8 Å². The predicted octanol–water partition coefficient (Wildman–Crippen LogP) is 4.10. The van der Waals surface area contributed by atoms with Gasteiger partial charge in [-0.25, -0.2) is 0 Å². The van der Waals surface area contributed by atoms with E-state index in [0.717, 1.165) is 0 Å². The Bertz CT molecular complexity index is 766. The summed E-state index contributed by atoms with van der Waals surface area (Å²) in [4.78, 5) is 4.09. The second-order valence-electron chi connectivity index (χ2n) is 4.70. The van der Waals surface area contributed by atoms with Crippen LogP contribution in [-0.2, 0) is 0 Å². The number of nitrogens with zero attached hydrogens (tertiary/aromatic N) is 2. The van der Waals surface area contributed by atoms with Gasteiger partial charge in [0.15, 0.2) is 18.1 Å². The third-order valence-electron chi connectivity index (χ3n) is 2.95. The molecule has 0 aliphatic carbocycles. The molecule has 2 rings (SSSR count). The summed E-state index contributed by atoms with van der Waals surface area (Å²) >= 11 is 0. The quantitative estimate of drug-likeness (QED) is 0.773. The molecule has 0 bridgehead atoms. The molecular weight excluding hydrogens is 321 g/mol. The molecule has 0 unspecified atom stereocenters. The Morgan fingerprint density at radius 1 is 1.25 bits per heavy atom. The minimum Gasteiger partial charge on any atom is -0.493 e. The van der Waals surface area contributed by atoms with Crippen LogP contribution in [0.1, 0.15) is 11.3 Å². The third-order valence-corrected chi connectivity index (χ3v) is 2.95. The summed E-state index contributed by atoms with van der Waals surface area (Å²) in [6, 6.07) is 11.6. The Morgan fingerprint density at radius 3 is 2.62 bits per heavy atom. The van der Waals surface area contributed by atoms with Gasteiger partial charge in [-0.05, 0) is 35.9 Å². The van der Waals surface area contributed by atoms with Crippen LogP contribution >= 0.6 is 0 Å². The summed E-state index contributed by atoms with van der Waals surface area (Å²) in [5.74, 6) is 0.120. The minimum atomic E-state index is -4.43. The van der Waals surface area contributed by atoms with E-state index in [4.69, 9.17) is 9.47 Å². The molecule has 0 aliphatic rings. The number of hydrogen-bond acceptors (Lipinski definition) is 4. The molecule has 0 atom stereocenters. The first-order chi connectivity index (χ1) is 11.4. The maximum Gasteiger partial charge on any atom is 0.422 e. The molecule has 1 heterocycles. The standard InChI is InChI=1S/C17H13F3N2O2/c1-23-16-9-12(5-6-15(16)24-11-17(18,19)20)8-13(10-21)14-4-2-3-7-22-14/h2-9H,11H2,1H3/b13-8+. The Labute approximate surface area is 136 Å². The highest BCUT2D eigenvalue weighted by molar-refractivity contribution is 5.88. The maximum absolute atomic E-state index is 12.2. The highest BCUT2D eigenvalue weighted by Gasteiger charge is 2.29. The van der Waals surface area contributed by atoms with E-state index in [-0.39, 0.29) is 11.5 Å². The van der Waals surface area contributed by atoms with Crippen molar-refractivity contribution in [2.24, 2.45) is 0 Å². The van der Waals surface area contributed by atoms with Gasteiger partial charge >= 0.3 is 6.18 Å². The van der Waals surface area contributed by atoms with Crippen molar-refractivity contribution in [3.05, 3.63) is 53.9 Å². The number of benzene rings is 1. The molecule has 0 aliphatic heterocycles. The fourth-order valence-electron chi connectivity index (χ4n) is 1.91. The van der Waals surface area contributed by atoms with Gasteiger partial charge in [0.1, 0.15) is 6.07 Å². The lowest BCUT2D eigenvalue weighted by Crippen LogP contribution is -2.19. The normalized spacial score (nSPS) is 11.7. The number of nitriles is 1. The lowest BCUT2D eigenvalue weighted by Gasteiger charge is -2.13. The largest absolute Gasteiger partial charge is 0.493 e. The number of alkyl halides is 3. The zero-order chi connectivity index (χ0) is 17.6. The van der Waals surface area contributed by atoms with Gasteiger partial charge in [0.05, 0.1) is 18.4 Å². The molecule has 1 aromatic heterocycles. The number of aromatic nitrogens is 1. The van der Waals surface area contributed by atoms with Crippen molar-refractivity contribution < 1.29 is 22.6 Å². The SMILES string of the molecule is COc1cc(/C=C(\C#N)c2ccccn2)ccc1OCC(F)(F)F. The summed E-state index contributed by atoms with van der Waals surface area (Å²) in [6.45, 7) is -1.41. The number of methoxy groups -OCH3 is 1. The Balaban J connectivity index is 2.29. The number of hydrogen-bond donors (Lipinski definition) is 0. The van der Waals surface area contributed by atoms with Crippen molar-refractivity contribution in [1.82, 2.24) is 4.98 Å². The Morgan fingerprint density at radius 2 is 2.04 bits per heavy atom. The van der Waals surface area contributed by atoms with Crippen molar-refractivity contribution in [3.63, 3.8) is 0 Å². The van der Waals surface area contributed by atoms with Gasteiger partial charge in [-0.3, -0.25) is 4.98 Å². The molecule has 0 saturated heterocycles. The van der Waals surface area contributed by atoms with Gasteiger partial charge in [0.2, 0.25) is 0 Å². The molecular formula is C17H13F3N2O2. The number of allylic oxidation sites excluding steroid dienone is 1. The number of rotatable bonds is 5. The van der Waals surface area contributed by atoms with E-state index in [1.54, 1.807) is 30.5 Å². The summed E-state index contributed by atoms with van der Waals surface area (Å²) < 4.78 is 46.5.